The molecule has 1 atom stereocenters. The number of thiophene rings is 1. The van der Waals surface area contributed by atoms with Gasteiger partial charge in [0.2, 0.25) is 0 Å². The van der Waals surface area contributed by atoms with Crippen molar-refractivity contribution in [1.82, 2.24) is 5.32 Å². The first-order valence-corrected chi connectivity index (χ1v) is 7.89. The van der Waals surface area contributed by atoms with Gasteiger partial charge < -0.3 is 20.1 Å². The van der Waals surface area contributed by atoms with Crippen LogP contribution in [-0.2, 0) is 4.74 Å². The average Bonchev–Trinajstić information content (AvgIpc) is 3.03. The number of urea groups is 1. The Hall–Kier alpha value is -2.05. The van der Waals surface area contributed by atoms with Crippen LogP contribution in [0.3, 0.4) is 0 Å². The van der Waals surface area contributed by atoms with Gasteiger partial charge in [0.1, 0.15) is 12.4 Å². The monoisotopic (exact) mass is 320 g/mol. The van der Waals surface area contributed by atoms with Gasteiger partial charge in [0.25, 0.3) is 0 Å². The van der Waals surface area contributed by atoms with Crippen molar-refractivity contribution in [1.29, 1.82) is 0 Å². The Labute approximate surface area is 134 Å². The van der Waals surface area contributed by atoms with Crippen molar-refractivity contribution >= 4 is 23.1 Å². The van der Waals surface area contributed by atoms with E-state index in [1.54, 1.807) is 30.6 Å². The standard InChI is InChI=1S/C16H20N2O3S/c1-12(15-4-3-11-22-15)17-16(19)18-13-5-7-14(8-6-13)21-10-9-20-2/h3-8,11-12H,9-10H2,1-2H3,(H2,17,18,19)/t12-/m0/s1. The zero-order valence-corrected chi connectivity index (χ0v) is 13.5. The van der Waals surface area contributed by atoms with Gasteiger partial charge in [0.05, 0.1) is 12.6 Å². The zero-order chi connectivity index (χ0) is 15.8. The first-order valence-electron chi connectivity index (χ1n) is 7.02. The van der Waals surface area contributed by atoms with Gasteiger partial charge in [-0.05, 0) is 42.6 Å². The molecule has 6 heteroatoms. The maximum absolute atomic E-state index is 11.9. The van der Waals surface area contributed by atoms with Crippen LogP contribution in [0.2, 0.25) is 0 Å². The minimum absolute atomic E-state index is 0.0170. The van der Waals surface area contributed by atoms with Crippen LogP contribution in [0.1, 0.15) is 17.8 Å². The van der Waals surface area contributed by atoms with Gasteiger partial charge in [0, 0.05) is 17.7 Å². The van der Waals surface area contributed by atoms with E-state index >= 15 is 0 Å². The van der Waals surface area contributed by atoms with Crippen LogP contribution in [-0.4, -0.2) is 26.4 Å². The lowest BCUT2D eigenvalue weighted by Crippen LogP contribution is -2.30. The summed E-state index contributed by atoms with van der Waals surface area (Å²) in [6, 6.07) is 11.0. The van der Waals surface area contributed by atoms with Crippen molar-refractivity contribution in [2.75, 3.05) is 25.6 Å². The molecule has 0 saturated carbocycles. The van der Waals surface area contributed by atoms with Gasteiger partial charge in [-0.25, -0.2) is 4.79 Å². The fourth-order valence-electron chi connectivity index (χ4n) is 1.85. The molecule has 0 spiro atoms. The van der Waals surface area contributed by atoms with Crippen LogP contribution in [0.15, 0.2) is 41.8 Å². The number of rotatable bonds is 7. The number of hydrogen-bond donors (Lipinski definition) is 2. The summed E-state index contributed by atoms with van der Waals surface area (Å²) in [7, 11) is 1.63. The number of benzene rings is 1. The van der Waals surface area contributed by atoms with Crippen LogP contribution in [0.4, 0.5) is 10.5 Å². The third-order valence-electron chi connectivity index (χ3n) is 2.99. The quantitative estimate of drug-likeness (QED) is 0.766. The van der Waals surface area contributed by atoms with Crippen LogP contribution >= 0.6 is 11.3 Å². The molecule has 0 fully saturated rings. The van der Waals surface area contributed by atoms with E-state index in [0.717, 1.165) is 16.3 Å². The predicted molar refractivity (Wildman–Crippen MR) is 88.7 cm³/mol. The van der Waals surface area contributed by atoms with Gasteiger partial charge in [-0.15, -0.1) is 11.3 Å². The smallest absolute Gasteiger partial charge is 0.319 e. The number of carbonyl (C=O) groups excluding carboxylic acids is 1. The second kappa shape index (κ2) is 8.41. The third-order valence-corrected chi connectivity index (χ3v) is 4.04. The highest BCUT2D eigenvalue weighted by Gasteiger charge is 2.10. The lowest BCUT2D eigenvalue weighted by Gasteiger charge is -2.13. The van der Waals surface area contributed by atoms with Gasteiger partial charge in [-0.2, -0.15) is 0 Å². The first kappa shape index (κ1) is 16.3. The second-order valence-corrected chi connectivity index (χ2v) is 5.68. The molecule has 2 aromatic rings. The number of nitrogens with one attached hydrogen (secondary N) is 2. The Bertz CT molecular complexity index is 570. The molecule has 0 bridgehead atoms. The first-order chi connectivity index (χ1) is 10.7. The summed E-state index contributed by atoms with van der Waals surface area (Å²) < 4.78 is 10.4. The largest absolute Gasteiger partial charge is 0.491 e. The van der Waals surface area contributed by atoms with Crippen molar-refractivity contribution in [2.45, 2.75) is 13.0 Å². The molecule has 1 aromatic heterocycles. The molecule has 0 aliphatic heterocycles. The van der Waals surface area contributed by atoms with Gasteiger partial charge in [0.15, 0.2) is 0 Å². The van der Waals surface area contributed by atoms with Gasteiger partial charge in [-0.3, -0.25) is 0 Å². The van der Waals surface area contributed by atoms with Gasteiger partial charge >= 0.3 is 6.03 Å². The van der Waals surface area contributed by atoms with Crippen LogP contribution < -0.4 is 15.4 Å². The normalized spacial score (nSPS) is 11.7. The fourth-order valence-corrected chi connectivity index (χ4v) is 2.58. The average molecular weight is 320 g/mol. The Balaban J connectivity index is 1.81. The van der Waals surface area contributed by atoms with E-state index in [-0.39, 0.29) is 12.1 Å². The Morgan fingerprint density at radius 2 is 2.00 bits per heavy atom. The number of carbonyl (C=O) groups is 1. The molecule has 2 amide bonds. The molecule has 1 aromatic carbocycles. The Morgan fingerprint density at radius 1 is 1.23 bits per heavy atom. The number of anilines is 1. The van der Waals surface area contributed by atoms with Gasteiger partial charge in [-0.1, -0.05) is 6.07 Å². The van der Waals surface area contributed by atoms with Crippen molar-refractivity contribution in [3.05, 3.63) is 46.7 Å². The zero-order valence-electron chi connectivity index (χ0n) is 12.7. The summed E-state index contributed by atoms with van der Waals surface area (Å²) in [6.07, 6.45) is 0. The molecule has 2 rings (SSSR count). The summed E-state index contributed by atoms with van der Waals surface area (Å²) in [4.78, 5) is 13.1. The van der Waals surface area contributed by atoms with E-state index in [2.05, 4.69) is 10.6 Å². The number of amides is 2. The number of ether oxygens (including phenoxy) is 2. The molecule has 0 saturated heterocycles. The van der Waals surface area contributed by atoms with Crippen LogP contribution in [0.25, 0.3) is 0 Å². The van der Waals surface area contributed by atoms with E-state index in [1.165, 1.54) is 0 Å². The molecule has 0 aliphatic carbocycles. The Kier molecular flexibility index (Phi) is 6.24. The molecule has 2 N–H and O–H groups in total. The molecule has 0 radical (unpaired) electrons. The van der Waals surface area contributed by atoms with E-state index in [0.29, 0.717) is 13.2 Å². The molecular formula is C16H20N2O3S. The highest BCUT2D eigenvalue weighted by atomic mass is 32.1. The van der Waals surface area contributed by atoms with Crippen molar-refractivity contribution in [2.24, 2.45) is 0 Å². The fraction of sp³-hybridized carbons (Fsp3) is 0.312. The molecule has 22 heavy (non-hydrogen) atoms. The second-order valence-electron chi connectivity index (χ2n) is 4.70. The summed E-state index contributed by atoms with van der Waals surface area (Å²) in [6.45, 7) is 3.00. The van der Waals surface area contributed by atoms with E-state index < -0.39 is 0 Å². The summed E-state index contributed by atoms with van der Waals surface area (Å²) in [5.74, 6) is 0.745. The van der Waals surface area contributed by atoms with E-state index in [1.807, 2.05) is 36.6 Å². The highest BCUT2D eigenvalue weighted by Crippen LogP contribution is 2.19. The lowest BCUT2D eigenvalue weighted by atomic mass is 10.3. The van der Waals surface area contributed by atoms with Crippen LogP contribution in [0.5, 0.6) is 5.75 Å². The molecule has 118 valence electrons. The summed E-state index contributed by atoms with van der Waals surface area (Å²) in [5.41, 5.74) is 0.718. The minimum Gasteiger partial charge on any atom is -0.491 e. The molecule has 1 heterocycles. The molecule has 5 nitrogen and oxygen atoms in total. The molecule has 0 unspecified atom stereocenters. The van der Waals surface area contributed by atoms with E-state index in [9.17, 15) is 4.79 Å². The van der Waals surface area contributed by atoms with Crippen molar-refractivity contribution in [3.8, 4) is 5.75 Å². The molecule has 0 aliphatic rings. The Morgan fingerprint density at radius 3 is 2.64 bits per heavy atom. The van der Waals surface area contributed by atoms with Crippen molar-refractivity contribution < 1.29 is 14.3 Å². The molecular weight excluding hydrogens is 300 g/mol. The maximum atomic E-state index is 11.9. The highest BCUT2D eigenvalue weighted by molar-refractivity contribution is 7.10. The lowest BCUT2D eigenvalue weighted by molar-refractivity contribution is 0.146. The van der Waals surface area contributed by atoms with Crippen molar-refractivity contribution in [3.63, 3.8) is 0 Å². The number of hydrogen-bond acceptors (Lipinski definition) is 4. The predicted octanol–water partition coefficient (Wildman–Crippen LogP) is 3.66. The third kappa shape index (κ3) is 5.05. The van der Waals surface area contributed by atoms with Crippen LogP contribution in [0, 0.1) is 0 Å². The minimum atomic E-state index is -0.228. The summed E-state index contributed by atoms with van der Waals surface area (Å²) in [5, 5.41) is 7.70. The SMILES string of the molecule is COCCOc1ccc(NC(=O)N[C@@H](C)c2cccs2)cc1. The van der Waals surface area contributed by atoms with E-state index in [4.69, 9.17) is 9.47 Å². The topological polar surface area (TPSA) is 59.6 Å². The summed E-state index contributed by atoms with van der Waals surface area (Å²) >= 11 is 1.62. The maximum Gasteiger partial charge on any atom is 0.319 e. The number of methoxy groups -OCH3 is 1.